The molecule has 6 nitrogen and oxygen atoms in total. The molecule has 0 saturated carbocycles. The molecule has 7 heteroatoms. The van der Waals surface area contributed by atoms with Crippen molar-refractivity contribution < 1.29 is 9.21 Å². The Morgan fingerprint density at radius 1 is 1.21 bits per heavy atom. The number of aryl methyl sites for hydroxylation is 1. The highest BCUT2D eigenvalue weighted by Gasteiger charge is 2.20. The van der Waals surface area contributed by atoms with Crippen LogP contribution in [0.4, 0.5) is 5.69 Å². The van der Waals surface area contributed by atoms with E-state index in [0.29, 0.717) is 17.2 Å². The summed E-state index contributed by atoms with van der Waals surface area (Å²) in [6.45, 7) is 2.81. The minimum atomic E-state index is -0.255. The van der Waals surface area contributed by atoms with Crippen LogP contribution in [0.1, 0.15) is 23.0 Å². The molecule has 2 aromatic carbocycles. The number of carbonyl (C=O) groups excluding carboxylic acids is 1. The number of fused-ring (bicyclic) bond motifs is 1. The Balaban J connectivity index is 1.65. The third-order valence-corrected chi connectivity index (χ3v) is 5.11. The number of nitrogens with zero attached hydrogens (tertiary/aromatic N) is 3. The first-order valence-corrected chi connectivity index (χ1v) is 10.4. The van der Waals surface area contributed by atoms with Gasteiger partial charge in [0.1, 0.15) is 11.9 Å². The monoisotopic (exact) mass is 392 g/mol. The molecule has 4 rings (SSSR count). The lowest BCUT2D eigenvalue weighted by atomic mass is 10.1. The molecule has 4 aromatic rings. The van der Waals surface area contributed by atoms with Crippen LogP contribution in [-0.2, 0) is 12.3 Å². The highest BCUT2D eigenvalue weighted by Crippen LogP contribution is 2.29. The van der Waals surface area contributed by atoms with Crippen LogP contribution < -0.4 is 5.32 Å². The van der Waals surface area contributed by atoms with Crippen molar-refractivity contribution in [1.29, 1.82) is 0 Å². The summed E-state index contributed by atoms with van der Waals surface area (Å²) in [4.78, 5) is 13.0. The first-order chi connectivity index (χ1) is 13.7. The van der Waals surface area contributed by atoms with Gasteiger partial charge in [-0.05, 0) is 31.4 Å². The predicted molar refractivity (Wildman–Crippen MR) is 113 cm³/mol. The fraction of sp³-hybridized carbons (Fsp3) is 0.190. The molecule has 2 heterocycles. The summed E-state index contributed by atoms with van der Waals surface area (Å²) < 4.78 is 7.83. The van der Waals surface area contributed by atoms with E-state index in [1.807, 2.05) is 66.3 Å². The molecule has 0 fully saturated rings. The Hall–Kier alpha value is -3.06. The summed E-state index contributed by atoms with van der Waals surface area (Å²) in [6.07, 6.45) is 3.71. The Kier molecular flexibility index (Phi) is 5.16. The zero-order valence-corrected chi connectivity index (χ0v) is 16.5. The third kappa shape index (κ3) is 3.41. The van der Waals surface area contributed by atoms with E-state index in [9.17, 15) is 4.79 Å². The molecule has 28 heavy (non-hydrogen) atoms. The van der Waals surface area contributed by atoms with E-state index in [-0.39, 0.29) is 5.91 Å². The van der Waals surface area contributed by atoms with Crippen molar-refractivity contribution in [1.82, 2.24) is 14.8 Å². The molecule has 0 aliphatic rings. The topological polar surface area (TPSA) is 73.0 Å². The number of rotatable bonds is 6. The van der Waals surface area contributed by atoms with Crippen molar-refractivity contribution in [3.8, 4) is 11.4 Å². The lowest BCUT2D eigenvalue weighted by Gasteiger charge is -2.08. The molecule has 0 radical (unpaired) electrons. The minimum absolute atomic E-state index is 0.255. The predicted octanol–water partition coefficient (Wildman–Crippen LogP) is 4.83. The lowest BCUT2D eigenvalue weighted by molar-refractivity contribution is 0.0998. The minimum Gasteiger partial charge on any atom is -0.451 e. The van der Waals surface area contributed by atoms with Gasteiger partial charge in [-0.25, -0.2) is 0 Å². The normalized spacial score (nSPS) is 11.1. The van der Waals surface area contributed by atoms with Crippen LogP contribution in [0, 0.1) is 0 Å². The number of nitrogens with one attached hydrogen (secondary N) is 1. The highest BCUT2D eigenvalue weighted by molar-refractivity contribution is 7.97. The summed E-state index contributed by atoms with van der Waals surface area (Å²) in [6, 6.07) is 15.3. The Morgan fingerprint density at radius 2 is 2.07 bits per heavy atom. The summed E-state index contributed by atoms with van der Waals surface area (Å²) in [5, 5.41) is 12.1. The van der Waals surface area contributed by atoms with Gasteiger partial charge in [0.25, 0.3) is 5.91 Å². The van der Waals surface area contributed by atoms with Gasteiger partial charge in [-0.2, -0.15) is 11.8 Å². The first kappa shape index (κ1) is 18.3. The van der Waals surface area contributed by atoms with E-state index < -0.39 is 0 Å². The van der Waals surface area contributed by atoms with Gasteiger partial charge in [0.15, 0.2) is 11.6 Å². The molecule has 1 amide bonds. The second kappa shape index (κ2) is 7.90. The van der Waals surface area contributed by atoms with Crippen LogP contribution >= 0.6 is 11.8 Å². The van der Waals surface area contributed by atoms with Crippen molar-refractivity contribution in [2.24, 2.45) is 0 Å². The van der Waals surface area contributed by atoms with Gasteiger partial charge in [-0.3, -0.25) is 4.79 Å². The van der Waals surface area contributed by atoms with E-state index >= 15 is 0 Å². The number of furan rings is 1. The number of aromatic nitrogens is 3. The number of anilines is 1. The molecule has 142 valence electrons. The molecule has 0 spiro atoms. The lowest BCUT2D eigenvalue weighted by Crippen LogP contribution is -2.13. The Labute approximate surface area is 167 Å². The highest BCUT2D eigenvalue weighted by atomic mass is 32.2. The smallest absolute Gasteiger partial charge is 0.291 e. The number of para-hydroxylation sites is 1. The second-order valence-corrected chi connectivity index (χ2v) is 7.18. The standard InChI is InChI=1S/C21H20N4O2S/c1-3-25-13-22-24-20(25)14-7-6-8-15(11-14)23-21(26)19-17(12-28-2)16-9-4-5-10-18(16)27-19/h4-11,13H,3,12H2,1-2H3,(H,23,26). The molecule has 0 unspecified atom stereocenters. The third-order valence-electron chi connectivity index (χ3n) is 4.53. The van der Waals surface area contributed by atoms with Crippen LogP contribution in [0.5, 0.6) is 0 Å². The quantitative estimate of drug-likeness (QED) is 0.509. The first-order valence-electron chi connectivity index (χ1n) is 9.00. The van der Waals surface area contributed by atoms with Gasteiger partial charge < -0.3 is 14.3 Å². The Bertz CT molecular complexity index is 1130. The molecule has 0 atom stereocenters. The van der Waals surface area contributed by atoms with E-state index in [4.69, 9.17) is 4.42 Å². The van der Waals surface area contributed by atoms with Crippen molar-refractivity contribution in [2.75, 3.05) is 11.6 Å². The average Bonchev–Trinajstić information content (AvgIpc) is 3.33. The Morgan fingerprint density at radius 3 is 2.89 bits per heavy atom. The molecule has 2 aromatic heterocycles. The van der Waals surface area contributed by atoms with E-state index in [1.165, 1.54) is 0 Å². The van der Waals surface area contributed by atoms with Crippen molar-refractivity contribution in [2.45, 2.75) is 19.2 Å². The van der Waals surface area contributed by atoms with Crippen molar-refractivity contribution >= 4 is 34.3 Å². The summed E-state index contributed by atoms with van der Waals surface area (Å²) in [5.41, 5.74) is 3.22. The molecule has 1 N–H and O–H groups in total. The SMILES string of the molecule is CCn1cnnc1-c1cccc(NC(=O)c2oc3ccccc3c2CSC)c1. The molecular formula is C21H20N4O2S. The second-order valence-electron chi connectivity index (χ2n) is 6.31. The van der Waals surface area contributed by atoms with Crippen LogP contribution in [0.2, 0.25) is 0 Å². The van der Waals surface area contributed by atoms with Crippen LogP contribution in [-0.4, -0.2) is 26.9 Å². The van der Waals surface area contributed by atoms with Crippen LogP contribution in [0.25, 0.3) is 22.4 Å². The van der Waals surface area contributed by atoms with Crippen LogP contribution in [0.15, 0.2) is 59.3 Å². The maximum Gasteiger partial charge on any atom is 0.291 e. The molecular weight excluding hydrogens is 372 g/mol. The molecule has 0 saturated heterocycles. The average molecular weight is 392 g/mol. The molecule has 0 aliphatic carbocycles. The largest absolute Gasteiger partial charge is 0.451 e. The fourth-order valence-corrected chi connectivity index (χ4v) is 3.78. The van der Waals surface area contributed by atoms with E-state index in [1.54, 1.807) is 18.1 Å². The maximum atomic E-state index is 13.0. The zero-order valence-electron chi connectivity index (χ0n) is 15.7. The number of hydrogen-bond acceptors (Lipinski definition) is 5. The van der Waals surface area contributed by atoms with E-state index in [2.05, 4.69) is 15.5 Å². The van der Waals surface area contributed by atoms with Gasteiger partial charge in [0.05, 0.1) is 0 Å². The summed E-state index contributed by atoms with van der Waals surface area (Å²) >= 11 is 1.66. The van der Waals surface area contributed by atoms with Crippen molar-refractivity contribution in [3.63, 3.8) is 0 Å². The maximum absolute atomic E-state index is 13.0. The fourth-order valence-electron chi connectivity index (χ4n) is 3.20. The van der Waals surface area contributed by atoms with E-state index in [0.717, 1.165) is 34.5 Å². The van der Waals surface area contributed by atoms with Gasteiger partial charge in [-0.1, -0.05) is 30.3 Å². The van der Waals surface area contributed by atoms with Gasteiger partial charge in [-0.15, -0.1) is 10.2 Å². The molecule has 0 bridgehead atoms. The van der Waals surface area contributed by atoms with Gasteiger partial charge in [0.2, 0.25) is 0 Å². The summed E-state index contributed by atoms with van der Waals surface area (Å²) in [7, 11) is 0. The van der Waals surface area contributed by atoms with Crippen LogP contribution in [0.3, 0.4) is 0 Å². The molecule has 0 aliphatic heterocycles. The summed E-state index contributed by atoms with van der Waals surface area (Å²) in [5.74, 6) is 1.58. The number of benzene rings is 2. The number of carbonyl (C=O) groups is 1. The number of hydrogen-bond donors (Lipinski definition) is 1. The van der Waals surface area contributed by atoms with Crippen molar-refractivity contribution in [3.05, 3.63) is 66.2 Å². The number of amides is 1. The zero-order chi connectivity index (χ0) is 19.5. The number of thioether (sulfide) groups is 1. The van der Waals surface area contributed by atoms with Gasteiger partial charge in [0, 0.05) is 34.5 Å². The van der Waals surface area contributed by atoms with Gasteiger partial charge >= 0.3 is 0 Å².